The molecule has 6 nitrogen and oxygen atoms in total. The third kappa shape index (κ3) is 8.25. The van der Waals surface area contributed by atoms with E-state index < -0.39 is 0 Å². The van der Waals surface area contributed by atoms with Crippen LogP contribution >= 0.6 is 11.6 Å². The van der Waals surface area contributed by atoms with E-state index in [2.05, 4.69) is 47.1 Å². The molecular weight excluding hydrogens is 486 g/mol. The monoisotopic (exact) mass is 519 g/mol. The number of halogens is 1. The molecule has 1 N–H and O–H groups in total. The largest absolute Gasteiger partial charge is 0.494 e. The lowest BCUT2D eigenvalue weighted by Crippen LogP contribution is -2.29. The number of nitrogens with zero attached hydrogens (tertiary/aromatic N) is 2. The Labute approximate surface area is 223 Å². The van der Waals surface area contributed by atoms with Gasteiger partial charge >= 0.3 is 0 Å². The van der Waals surface area contributed by atoms with E-state index >= 15 is 0 Å². The number of amides is 1. The average Bonchev–Trinajstić information content (AvgIpc) is 3.25. The highest BCUT2D eigenvalue weighted by Crippen LogP contribution is 2.19. The maximum absolute atomic E-state index is 12.0. The molecule has 0 aliphatic heterocycles. The highest BCUT2D eigenvalue weighted by atomic mass is 35.5. The number of rotatable bonds is 14. The standard InChI is InChI=1S/C30H34ClN3O3/c1-23-9-7-10-26(21-23)36-20-8-19-34-28-12-5-4-11-27(28)33-29(34)13-3-2-6-18-32-30(35)22-37-25-16-14-24(31)15-17-25/h4-5,7,9-12,14-17,21H,2-3,6,8,13,18-20,22H2,1H3,(H,32,35). The normalized spacial score (nSPS) is 11.0. The number of aromatic nitrogens is 2. The molecule has 1 heterocycles. The van der Waals surface area contributed by atoms with Crippen LogP contribution in [0.5, 0.6) is 11.5 Å². The zero-order chi connectivity index (χ0) is 25.9. The van der Waals surface area contributed by atoms with Crippen molar-refractivity contribution < 1.29 is 14.3 Å². The van der Waals surface area contributed by atoms with Crippen LogP contribution in [-0.2, 0) is 17.8 Å². The van der Waals surface area contributed by atoms with Gasteiger partial charge in [0.2, 0.25) is 0 Å². The highest BCUT2D eigenvalue weighted by molar-refractivity contribution is 6.30. The van der Waals surface area contributed by atoms with Crippen LogP contribution in [0.25, 0.3) is 11.0 Å². The molecule has 0 fully saturated rings. The number of nitrogens with one attached hydrogen (secondary N) is 1. The Bertz CT molecular complexity index is 1290. The van der Waals surface area contributed by atoms with Crippen LogP contribution in [0.3, 0.4) is 0 Å². The summed E-state index contributed by atoms with van der Waals surface area (Å²) in [7, 11) is 0. The molecule has 7 heteroatoms. The molecule has 37 heavy (non-hydrogen) atoms. The van der Waals surface area contributed by atoms with Crippen LogP contribution in [0.4, 0.5) is 0 Å². The molecule has 3 aromatic carbocycles. The third-order valence-corrected chi connectivity index (χ3v) is 6.35. The number of carbonyl (C=O) groups excluding carboxylic acids is 1. The Hall–Kier alpha value is -3.51. The van der Waals surface area contributed by atoms with Crippen molar-refractivity contribution in [3.8, 4) is 11.5 Å². The number of ether oxygens (including phenoxy) is 2. The van der Waals surface area contributed by atoms with Crippen LogP contribution in [-0.4, -0.2) is 35.2 Å². The summed E-state index contributed by atoms with van der Waals surface area (Å²) in [5.41, 5.74) is 3.40. The first-order chi connectivity index (χ1) is 18.1. The van der Waals surface area contributed by atoms with Crippen molar-refractivity contribution in [2.45, 2.75) is 45.6 Å². The van der Waals surface area contributed by atoms with Gasteiger partial charge in [-0.15, -0.1) is 0 Å². The molecule has 0 bridgehead atoms. The molecular formula is C30H34ClN3O3. The summed E-state index contributed by atoms with van der Waals surface area (Å²) in [4.78, 5) is 16.9. The number of para-hydroxylation sites is 2. The van der Waals surface area contributed by atoms with Crippen molar-refractivity contribution in [2.75, 3.05) is 19.8 Å². The second kappa shape index (κ2) is 13.7. The summed E-state index contributed by atoms with van der Waals surface area (Å²) in [5, 5.41) is 3.56. The number of fused-ring (bicyclic) bond motifs is 1. The number of unbranched alkanes of at least 4 members (excludes halogenated alkanes) is 2. The summed E-state index contributed by atoms with van der Waals surface area (Å²) >= 11 is 5.86. The van der Waals surface area contributed by atoms with Crippen molar-refractivity contribution in [3.63, 3.8) is 0 Å². The lowest BCUT2D eigenvalue weighted by Gasteiger charge is -2.11. The fourth-order valence-corrected chi connectivity index (χ4v) is 4.35. The van der Waals surface area contributed by atoms with E-state index in [0.29, 0.717) is 23.9 Å². The van der Waals surface area contributed by atoms with Gasteiger partial charge in [-0.2, -0.15) is 0 Å². The van der Waals surface area contributed by atoms with Crippen LogP contribution in [0, 0.1) is 6.92 Å². The molecule has 0 spiro atoms. The van der Waals surface area contributed by atoms with Crippen molar-refractivity contribution in [1.29, 1.82) is 0 Å². The van der Waals surface area contributed by atoms with Gasteiger partial charge in [-0.1, -0.05) is 42.3 Å². The predicted molar refractivity (Wildman–Crippen MR) is 149 cm³/mol. The lowest BCUT2D eigenvalue weighted by molar-refractivity contribution is -0.123. The molecule has 4 rings (SSSR count). The molecule has 0 unspecified atom stereocenters. The molecule has 1 amide bonds. The fraction of sp³-hybridized carbons (Fsp3) is 0.333. The zero-order valence-electron chi connectivity index (χ0n) is 21.3. The smallest absolute Gasteiger partial charge is 0.257 e. The van der Waals surface area contributed by atoms with Gasteiger partial charge in [0.15, 0.2) is 6.61 Å². The summed E-state index contributed by atoms with van der Waals surface area (Å²) in [5.74, 6) is 2.53. The molecule has 0 radical (unpaired) electrons. The number of hydrogen-bond acceptors (Lipinski definition) is 4. The number of benzene rings is 3. The molecule has 194 valence electrons. The van der Waals surface area contributed by atoms with E-state index in [9.17, 15) is 4.79 Å². The number of aryl methyl sites for hydroxylation is 3. The van der Waals surface area contributed by atoms with Crippen molar-refractivity contribution >= 4 is 28.5 Å². The van der Waals surface area contributed by atoms with Gasteiger partial charge in [-0.25, -0.2) is 4.98 Å². The first-order valence-electron chi connectivity index (χ1n) is 12.9. The van der Waals surface area contributed by atoms with E-state index in [1.54, 1.807) is 24.3 Å². The minimum absolute atomic E-state index is 0.000743. The highest BCUT2D eigenvalue weighted by Gasteiger charge is 2.10. The van der Waals surface area contributed by atoms with E-state index in [4.69, 9.17) is 26.1 Å². The quantitative estimate of drug-likeness (QED) is 0.196. The Morgan fingerprint density at radius 1 is 0.919 bits per heavy atom. The minimum atomic E-state index is -0.121. The molecule has 0 aliphatic rings. The van der Waals surface area contributed by atoms with Crippen molar-refractivity contribution in [3.05, 3.63) is 89.2 Å². The van der Waals surface area contributed by atoms with Crippen LogP contribution in [0.1, 0.15) is 37.1 Å². The second-order valence-electron chi connectivity index (χ2n) is 9.09. The van der Waals surface area contributed by atoms with Crippen LogP contribution in [0.15, 0.2) is 72.8 Å². The van der Waals surface area contributed by atoms with Gasteiger partial charge in [0, 0.05) is 24.5 Å². The minimum Gasteiger partial charge on any atom is -0.494 e. The van der Waals surface area contributed by atoms with E-state index in [1.165, 1.54) is 11.1 Å². The molecule has 0 saturated carbocycles. The molecule has 0 atom stereocenters. The summed E-state index contributed by atoms with van der Waals surface area (Å²) < 4.78 is 13.8. The number of hydrogen-bond donors (Lipinski definition) is 1. The summed E-state index contributed by atoms with van der Waals surface area (Å²) in [6, 6.07) is 23.4. The maximum atomic E-state index is 12.0. The Morgan fingerprint density at radius 2 is 1.76 bits per heavy atom. The Morgan fingerprint density at radius 3 is 2.59 bits per heavy atom. The van der Waals surface area contributed by atoms with Gasteiger partial charge in [0.25, 0.3) is 5.91 Å². The zero-order valence-corrected chi connectivity index (χ0v) is 22.0. The van der Waals surface area contributed by atoms with Gasteiger partial charge in [-0.05, 0) is 80.3 Å². The predicted octanol–water partition coefficient (Wildman–Crippen LogP) is 6.38. The Balaban J connectivity index is 1.18. The first kappa shape index (κ1) is 26.6. The van der Waals surface area contributed by atoms with E-state index in [0.717, 1.165) is 55.7 Å². The third-order valence-electron chi connectivity index (χ3n) is 6.10. The number of imidazole rings is 1. The van der Waals surface area contributed by atoms with Crippen molar-refractivity contribution in [2.24, 2.45) is 0 Å². The maximum Gasteiger partial charge on any atom is 0.257 e. The van der Waals surface area contributed by atoms with Gasteiger partial charge in [-0.3, -0.25) is 4.79 Å². The fourth-order valence-electron chi connectivity index (χ4n) is 4.23. The average molecular weight is 520 g/mol. The molecule has 0 aliphatic carbocycles. The molecule has 4 aromatic rings. The van der Waals surface area contributed by atoms with Gasteiger partial charge < -0.3 is 19.4 Å². The molecule has 0 saturated heterocycles. The number of carbonyl (C=O) groups is 1. The van der Waals surface area contributed by atoms with E-state index in [-0.39, 0.29) is 12.5 Å². The van der Waals surface area contributed by atoms with Crippen LogP contribution in [0.2, 0.25) is 5.02 Å². The Kier molecular flexibility index (Phi) is 9.83. The SMILES string of the molecule is Cc1cccc(OCCCn2c(CCCCCNC(=O)COc3ccc(Cl)cc3)nc3ccccc32)c1. The first-order valence-corrected chi connectivity index (χ1v) is 13.2. The summed E-state index contributed by atoms with van der Waals surface area (Å²) in [6.45, 7) is 4.24. The van der Waals surface area contributed by atoms with Gasteiger partial charge in [0.05, 0.1) is 17.6 Å². The van der Waals surface area contributed by atoms with Gasteiger partial charge in [0.1, 0.15) is 17.3 Å². The van der Waals surface area contributed by atoms with Crippen LogP contribution < -0.4 is 14.8 Å². The lowest BCUT2D eigenvalue weighted by atomic mass is 10.2. The van der Waals surface area contributed by atoms with E-state index in [1.807, 2.05) is 18.2 Å². The second-order valence-corrected chi connectivity index (χ2v) is 9.53. The summed E-state index contributed by atoms with van der Waals surface area (Å²) in [6.07, 6.45) is 4.75. The molecule has 1 aromatic heterocycles. The topological polar surface area (TPSA) is 65.4 Å². The van der Waals surface area contributed by atoms with Crippen molar-refractivity contribution in [1.82, 2.24) is 14.9 Å².